The average Bonchev–Trinajstić information content (AvgIpc) is 2.49. The molecule has 1 fully saturated rings. The number of ether oxygens (including phenoxy) is 4. The summed E-state index contributed by atoms with van der Waals surface area (Å²) in [6.07, 6.45) is -1.54. The van der Waals surface area contributed by atoms with Crippen molar-refractivity contribution in [3.8, 4) is 0 Å². The van der Waals surface area contributed by atoms with E-state index in [4.69, 9.17) is 18.9 Å². The van der Waals surface area contributed by atoms with E-state index < -0.39 is 30.3 Å². The molecule has 1 rings (SSSR count). The van der Waals surface area contributed by atoms with Crippen molar-refractivity contribution in [2.24, 2.45) is 0 Å². The number of rotatable bonds is 4. The summed E-state index contributed by atoms with van der Waals surface area (Å²) in [5.41, 5.74) is 0. The Balaban J connectivity index is 2.62. The summed E-state index contributed by atoms with van der Waals surface area (Å²) in [4.78, 5) is 21.8. The molecule has 3 atom stereocenters. The molecule has 0 amide bonds. The number of methoxy groups -OCH3 is 1. The summed E-state index contributed by atoms with van der Waals surface area (Å²) in [6, 6.07) is 0. The lowest BCUT2D eigenvalue weighted by molar-refractivity contribution is -0.163. The lowest BCUT2D eigenvalue weighted by Gasteiger charge is -2.21. The van der Waals surface area contributed by atoms with Gasteiger partial charge in [0, 0.05) is 21.0 Å². The van der Waals surface area contributed by atoms with Crippen LogP contribution in [0.1, 0.15) is 13.8 Å². The van der Waals surface area contributed by atoms with Crippen molar-refractivity contribution in [3.05, 3.63) is 0 Å². The number of hydrogen-bond donors (Lipinski definition) is 0. The van der Waals surface area contributed by atoms with Crippen molar-refractivity contribution in [2.45, 2.75) is 32.2 Å². The summed E-state index contributed by atoms with van der Waals surface area (Å²) in [5, 5.41) is 0. The third kappa shape index (κ3) is 3.46. The maximum absolute atomic E-state index is 10.9. The molecule has 16 heavy (non-hydrogen) atoms. The van der Waals surface area contributed by atoms with Crippen molar-refractivity contribution in [3.63, 3.8) is 0 Å². The predicted octanol–water partition coefficient (Wildman–Crippen LogP) is -0.105. The Morgan fingerprint density at radius 2 is 1.88 bits per heavy atom. The topological polar surface area (TPSA) is 71.1 Å². The van der Waals surface area contributed by atoms with Gasteiger partial charge >= 0.3 is 11.9 Å². The van der Waals surface area contributed by atoms with Crippen molar-refractivity contribution in [1.82, 2.24) is 0 Å². The van der Waals surface area contributed by atoms with Gasteiger partial charge in [0.2, 0.25) is 0 Å². The van der Waals surface area contributed by atoms with Gasteiger partial charge in [-0.25, -0.2) is 0 Å². The Bertz CT molecular complexity index is 264. The zero-order valence-corrected chi connectivity index (χ0v) is 9.60. The first-order chi connectivity index (χ1) is 7.54. The highest BCUT2D eigenvalue weighted by Crippen LogP contribution is 2.21. The molecule has 1 aliphatic rings. The predicted molar refractivity (Wildman–Crippen MR) is 52.7 cm³/mol. The quantitative estimate of drug-likeness (QED) is 0.630. The monoisotopic (exact) mass is 232 g/mol. The zero-order chi connectivity index (χ0) is 12.1. The fourth-order valence-corrected chi connectivity index (χ4v) is 1.61. The van der Waals surface area contributed by atoms with E-state index in [1.165, 1.54) is 21.0 Å². The molecule has 0 bridgehead atoms. The number of esters is 2. The molecule has 3 unspecified atom stereocenters. The molecule has 6 nitrogen and oxygen atoms in total. The Hall–Kier alpha value is -1.14. The van der Waals surface area contributed by atoms with E-state index in [1.807, 2.05) is 0 Å². The van der Waals surface area contributed by atoms with E-state index in [9.17, 15) is 9.59 Å². The highest BCUT2D eigenvalue weighted by atomic mass is 16.6. The van der Waals surface area contributed by atoms with Crippen LogP contribution in [0.2, 0.25) is 0 Å². The fraction of sp³-hybridized carbons (Fsp3) is 0.800. The molecule has 0 aliphatic carbocycles. The van der Waals surface area contributed by atoms with E-state index in [1.54, 1.807) is 0 Å². The normalized spacial score (nSPS) is 28.8. The molecule has 0 N–H and O–H groups in total. The van der Waals surface area contributed by atoms with Gasteiger partial charge in [0.25, 0.3) is 0 Å². The van der Waals surface area contributed by atoms with Crippen LogP contribution in [0.3, 0.4) is 0 Å². The second kappa shape index (κ2) is 5.81. The number of carbonyl (C=O) groups is 2. The first kappa shape index (κ1) is 12.9. The fourth-order valence-electron chi connectivity index (χ4n) is 1.61. The highest BCUT2D eigenvalue weighted by Gasteiger charge is 2.41. The maximum Gasteiger partial charge on any atom is 0.303 e. The molecule has 0 aromatic heterocycles. The van der Waals surface area contributed by atoms with Crippen molar-refractivity contribution in [1.29, 1.82) is 0 Å². The van der Waals surface area contributed by atoms with Crippen LogP contribution in [0.4, 0.5) is 0 Å². The van der Waals surface area contributed by atoms with E-state index in [-0.39, 0.29) is 13.2 Å². The minimum Gasteiger partial charge on any atom is -0.456 e. The van der Waals surface area contributed by atoms with Gasteiger partial charge in [-0.15, -0.1) is 0 Å². The van der Waals surface area contributed by atoms with Gasteiger partial charge in [-0.05, 0) is 0 Å². The molecule has 0 radical (unpaired) electrons. The molecule has 0 spiro atoms. The second-order valence-electron chi connectivity index (χ2n) is 3.55. The lowest BCUT2D eigenvalue weighted by Crippen LogP contribution is -2.39. The van der Waals surface area contributed by atoms with E-state index in [0.717, 1.165) is 0 Å². The van der Waals surface area contributed by atoms with Gasteiger partial charge in [-0.1, -0.05) is 0 Å². The van der Waals surface area contributed by atoms with Crippen LogP contribution in [-0.4, -0.2) is 50.6 Å². The summed E-state index contributed by atoms with van der Waals surface area (Å²) in [5.74, 6) is -0.863. The Morgan fingerprint density at radius 3 is 2.38 bits per heavy atom. The van der Waals surface area contributed by atoms with Crippen LogP contribution in [-0.2, 0) is 28.5 Å². The van der Waals surface area contributed by atoms with E-state index in [0.29, 0.717) is 0 Å². The van der Waals surface area contributed by atoms with Gasteiger partial charge in [-0.3, -0.25) is 9.59 Å². The van der Waals surface area contributed by atoms with Gasteiger partial charge in [0.05, 0.1) is 13.2 Å². The molecular formula is C10H16O6. The molecule has 1 aliphatic heterocycles. The molecule has 6 heteroatoms. The van der Waals surface area contributed by atoms with E-state index in [2.05, 4.69) is 0 Å². The van der Waals surface area contributed by atoms with Crippen LogP contribution >= 0.6 is 0 Å². The molecule has 0 aromatic rings. The van der Waals surface area contributed by atoms with Gasteiger partial charge in [0.15, 0.2) is 12.2 Å². The zero-order valence-electron chi connectivity index (χ0n) is 9.60. The van der Waals surface area contributed by atoms with Crippen LogP contribution in [0.25, 0.3) is 0 Å². The minimum absolute atomic E-state index is 0.214. The largest absolute Gasteiger partial charge is 0.456 e. The number of carbonyl (C=O) groups excluding carboxylic acids is 2. The van der Waals surface area contributed by atoms with Crippen molar-refractivity contribution in [2.75, 3.05) is 20.3 Å². The molecular weight excluding hydrogens is 216 g/mol. The van der Waals surface area contributed by atoms with Crippen LogP contribution < -0.4 is 0 Å². The summed E-state index contributed by atoms with van der Waals surface area (Å²) in [6.45, 7) is 3.10. The summed E-state index contributed by atoms with van der Waals surface area (Å²) < 4.78 is 20.3. The lowest BCUT2D eigenvalue weighted by atomic mass is 10.1. The highest BCUT2D eigenvalue weighted by molar-refractivity contribution is 5.67. The van der Waals surface area contributed by atoms with E-state index >= 15 is 0 Å². The average molecular weight is 232 g/mol. The van der Waals surface area contributed by atoms with Gasteiger partial charge < -0.3 is 18.9 Å². The standard InChI is InChI=1S/C10H16O6/c1-6(11)15-9-5-14-8(4-13-3)10(9)16-7(2)12/h8-10H,4-5H2,1-3H3. The van der Waals surface area contributed by atoms with Crippen molar-refractivity contribution >= 4 is 11.9 Å². The first-order valence-corrected chi connectivity index (χ1v) is 4.99. The maximum atomic E-state index is 10.9. The smallest absolute Gasteiger partial charge is 0.303 e. The Labute approximate surface area is 93.8 Å². The van der Waals surface area contributed by atoms with Gasteiger partial charge in [-0.2, -0.15) is 0 Å². The van der Waals surface area contributed by atoms with Crippen LogP contribution in [0, 0.1) is 0 Å². The Kier molecular flexibility index (Phi) is 4.70. The molecule has 92 valence electrons. The van der Waals surface area contributed by atoms with Crippen molar-refractivity contribution < 1.29 is 28.5 Å². The second-order valence-corrected chi connectivity index (χ2v) is 3.55. The minimum atomic E-state index is -0.596. The van der Waals surface area contributed by atoms with Crippen LogP contribution in [0.5, 0.6) is 0 Å². The molecule has 1 heterocycles. The first-order valence-electron chi connectivity index (χ1n) is 4.99. The Morgan fingerprint density at radius 1 is 1.25 bits per heavy atom. The molecule has 0 saturated carbocycles. The van der Waals surface area contributed by atoms with Crippen LogP contribution in [0.15, 0.2) is 0 Å². The number of hydrogen-bond acceptors (Lipinski definition) is 6. The third-order valence-electron chi connectivity index (χ3n) is 2.16. The SMILES string of the molecule is COCC1OCC(OC(C)=O)C1OC(C)=O. The molecule has 1 saturated heterocycles. The summed E-state index contributed by atoms with van der Waals surface area (Å²) >= 11 is 0. The molecule has 0 aromatic carbocycles. The third-order valence-corrected chi connectivity index (χ3v) is 2.16. The van der Waals surface area contributed by atoms with Gasteiger partial charge in [0.1, 0.15) is 6.10 Å². The summed E-state index contributed by atoms with van der Waals surface area (Å²) in [7, 11) is 1.52.